The van der Waals surface area contributed by atoms with Gasteiger partial charge >= 0.3 is 0 Å². The second-order valence-electron chi connectivity index (χ2n) is 6.20. The Morgan fingerprint density at radius 2 is 1.78 bits per heavy atom. The smallest absolute Gasteiger partial charge is 0.232 e. The molecule has 0 fully saturated rings. The Morgan fingerprint density at radius 1 is 1.11 bits per heavy atom. The Hall–Kier alpha value is -2.54. The van der Waals surface area contributed by atoms with Crippen LogP contribution in [0.2, 0.25) is 0 Å². The molecule has 2 aromatic carbocycles. The van der Waals surface area contributed by atoms with Crippen LogP contribution in [-0.4, -0.2) is 33.7 Å². The van der Waals surface area contributed by atoms with E-state index in [9.17, 15) is 13.2 Å². The lowest BCUT2D eigenvalue weighted by Gasteiger charge is -2.24. The average Bonchev–Trinajstić information content (AvgIpc) is 2.61. The first-order valence-electron chi connectivity index (χ1n) is 8.88. The van der Waals surface area contributed by atoms with Crippen molar-refractivity contribution in [1.29, 1.82) is 0 Å². The number of benzene rings is 2. The average molecular weight is 391 g/mol. The number of nitrogens with zero attached hydrogens (tertiary/aromatic N) is 1. The third-order valence-electron chi connectivity index (χ3n) is 4.02. The Balaban J connectivity index is 2.04. The van der Waals surface area contributed by atoms with E-state index in [1.165, 1.54) is 4.31 Å². The molecule has 6 nitrogen and oxygen atoms in total. The summed E-state index contributed by atoms with van der Waals surface area (Å²) in [4.78, 5) is 12.2. The minimum atomic E-state index is -3.50. The van der Waals surface area contributed by atoms with Crippen LogP contribution < -0.4 is 14.4 Å². The molecule has 0 aliphatic carbocycles. The minimum Gasteiger partial charge on any atom is -0.492 e. The summed E-state index contributed by atoms with van der Waals surface area (Å²) in [5.41, 5.74) is 2.24. The Morgan fingerprint density at radius 3 is 2.44 bits per heavy atom. The molecule has 2 aromatic rings. The summed E-state index contributed by atoms with van der Waals surface area (Å²) in [7, 11) is -3.50. The molecular weight excluding hydrogens is 364 g/mol. The molecule has 0 aliphatic heterocycles. The maximum absolute atomic E-state index is 12.3. The van der Waals surface area contributed by atoms with Gasteiger partial charge in [-0.05, 0) is 44.0 Å². The fraction of sp³-hybridized carbons (Fsp3) is 0.350. The molecular formula is C20H26N2O4S. The number of ether oxygens (including phenoxy) is 1. The second kappa shape index (κ2) is 9.41. The molecule has 7 heteroatoms. The highest BCUT2D eigenvalue weighted by Gasteiger charge is 2.21. The summed E-state index contributed by atoms with van der Waals surface area (Å²) in [6.45, 7) is 4.40. The number of aryl methyl sites for hydroxylation is 1. The van der Waals surface area contributed by atoms with Crippen LogP contribution in [0.4, 0.5) is 11.4 Å². The monoisotopic (exact) mass is 390 g/mol. The van der Waals surface area contributed by atoms with Crippen LogP contribution in [0.25, 0.3) is 0 Å². The topological polar surface area (TPSA) is 75.7 Å². The van der Waals surface area contributed by atoms with Crippen molar-refractivity contribution in [2.45, 2.75) is 26.7 Å². The van der Waals surface area contributed by atoms with Crippen LogP contribution in [0, 0.1) is 6.92 Å². The van der Waals surface area contributed by atoms with E-state index in [1.807, 2.05) is 38.1 Å². The third kappa shape index (κ3) is 5.99. The molecule has 0 radical (unpaired) electrons. The molecule has 0 spiro atoms. The number of anilines is 2. The molecule has 0 bridgehead atoms. The van der Waals surface area contributed by atoms with Crippen molar-refractivity contribution in [3.8, 4) is 5.75 Å². The van der Waals surface area contributed by atoms with Crippen molar-refractivity contribution in [3.63, 3.8) is 0 Å². The highest BCUT2D eigenvalue weighted by atomic mass is 32.2. The van der Waals surface area contributed by atoms with Gasteiger partial charge in [-0.15, -0.1) is 0 Å². The summed E-state index contributed by atoms with van der Waals surface area (Å²) in [6.07, 6.45) is 1.77. The summed E-state index contributed by atoms with van der Waals surface area (Å²) in [6, 6.07) is 14.5. The van der Waals surface area contributed by atoms with Crippen LogP contribution in [0.3, 0.4) is 0 Å². The van der Waals surface area contributed by atoms with Gasteiger partial charge < -0.3 is 10.1 Å². The van der Waals surface area contributed by atoms with E-state index in [2.05, 4.69) is 5.32 Å². The van der Waals surface area contributed by atoms with Gasteiger partial charge in [-0.3, -0.25) is 9.10 Å². The quantitative estimate of drug-likeness (QED) is 0.710. The van der Waals surface area contributed by atoms with Crippen LogP contribution in [0.5, 0.6) is 5.75 Å². The molecule has 0 aliphatic rings. The summed E-state index contributed by atoms with van der Waals surface area (Å²) in [5, 5.41) is 2.86. The van der Waals surface area contributed by atoms with Gasteiger partial charge in [-0.1, -0.05) is 30.3 Å². The molecule has 0 saturated heterocycles. The van der Waals surface area contributed by atoms with E-state index in [-0.39, 0.29) is 18.9 Å². The standard InChI is InChI=1S/C20H26N2O4S/c1-4-26-19-13-8-7-12-18(19)22(27(3,24)25)15-9-14-20(23)21-17-11-6-5-10-16(17)2/h5-8,10-13H,4,9,14-15H2,1-3H3,(H,21,23). The Kier molecular flexibility index (Phi) is 7.24. The van der Waals surface area contributed by atoms with Crippen LogP contribution in [0.1, 0.15) is 25.3 Å². The van der Waals surface area contributed by atoms with Gasteiger partial charge in [0, 0.05) is 18.7 Å². The van der Waals surface area contributed by atoms with Crippen molar-refractivity contribution >= 4 is 27.3 Å². The van der Waals surface area contributed by atoms with E-state index in [0.717, 1.165) is 17.5 Å². The van der Waals surface area contributed by atoms with Crippen molar-refractivity contribution < 1.29 is 17.9 Å². The Labute approximate surface area is 161 Å². The van der Waals surface area contributed by atoms with Gasteiger partial charge in [0.2, 0.25) is 15.9 Å². The molecule has 0 unspecified atom stereocenters. The normalized spacial score (nSPS) is 11.1. The Bertz CT molecular complexity index is 881. The number of hydrogen-bond acceptors (Lipinski definition) is 4. The van der Waals surface area contributed by atoms with Crippen molar-refractivity contribution in [2.24, 2.45) is 0 Å². The molecule has 2 rings (SSSR count). The highest BCUT2D eigenvalue weighted by Crippen LogP contribution is 2.30. The number of carbonyl (C=O) groups excluding carboxylic acids is 1. The number of amides is 1. The molecule has 0 aromatic heterocycles. The van der Waals surface area contributed by atoms with Crippen LogP contribution in [-0.2, 0) is 14.8 Å². The van der Waals surface area contributed by atoms with Gasteiger partial charge in [-0.25, -0.2) is 8.42 Å². The number of nitrogens with one attached hydrogen (secondary N) is 1. The van der Waals surface area contributed by atoms with Gasteiger partial charge in [0.05, 0.1) is 18.6 Å². The lowest BCUT2D eigenvalue weighted by atomic mass is 10.2. The zero-order valence-corrected chi connectivity index (χ0v) is 16.8. The maximum Gasteiger partial charge on any atom is 0.232 e. The molecule has 27 heavy (non-hydrogen) atoms. The number of rotatable bonds is 9. The fourth-order valence-electron chi connectivity index (χ4n) is 2.71. The molecule has 1 amide bonds. The zero-order chi connectivity index (χ0) is 19.9. The van der Waals surface area contributed by atoms with Crippen molar-refractivity contribution in [2.75, 3.05) is 29.0 Å². The van der Waals surface area contributed by atoms with E-state index < -0.39 is 10.0 Å². The highest BCUT2D eigenvalue weighted by molar-refractivity contribution is 7.92. The first-order chi connectivity index (χ1) is 12.8. The summed E-state index contributed by atoms with van der Waals surface area (Å²) < 4.78 is 31.4. The molecule has 1 N–H and O–H groups in total. The zero-order valence-electron chi connectivity index (χ0n) is 15.9. The van der Waals surface area contributed by atoms with Gasteiger partial charge in [0.25, 0.3) is 0 Å². The van der Waals surface area contributed by atoms with Crippen LogP contribution >= 0.6 is 0 Å². The van der Waals surface area contributed by atoms with Gasteiger partial charge in [0.1, 0.15) is 5.75 Å². The van der Waals surface area contributed by atoms with Crippen LogP contribution in [0.15, 0.2) is 48.5 Å². The number of hydrogen-bond donors (Lipinski definition) is 1. The predicted octanol–water partition coefficient (Wildman–Crippen LogP) is 3.58. The van der Waals surface area contributed by atoms with E-state index in [0.29, 0.717) is 24.5 Å². The number of sulfonamides is 1. The molecule has 146 valence electrons. The van der Waals surface area contributed by atoms with Gasteiger partial charge in [-0.2, -0.15) is 0 Å². The first-order valence-corrected chi connectivity index (χ1v) is 10.7. The van der Waals surface area contributed by atoms with E-state index in [4.69, 9.17) is 4.74 Å². The number of carbonyl (C=O) groups is 1. The van der Waals surface area contributed by atoms with Crippen molar-refractivity contribution in [1.82, 2.24) is 0 Å². The second-order valence-corrected chi connectivity index (χ2v) is 8.11. The fourth-order valence-corrected chi connectivity index (χ4v) is 3.68. The first kappa shape index (κ1) is 20.8. The minimum absolute atomic E-state index is 0.143. The largest absolute Gasteiger partial charge is 0.492 e. The lowest BCUT2D eigenvalue weighted by molar-refractivity contribution is -0.116. The number of para-hydroxylation sites is 3. The van der Waals surface area contributed by atoms with Gasteiger partial charge in [0.15, 0.2) is 0 Å². The third-order valence-corrected chi connectivity index (χ3v) is 5.20. The predicted molar refractivity (Wildman–Crippen MR) is 109 cm³/mol. The lowest BCUT2D eigenvalue weighted by Crippen LogP contribution is -2.32. The van der Waals surface area contributed by atoms with Crippen molar-refractivity contribution in [3.05, 3.63) is 54.1 Å². The maximum atomic E-state index is 12.3. The molecule has 0 saturated carbocycles. The molecule has 0 atom stereocenters. The molecule has 0 heterocycles. The summed E-state index contributed by atoms with van der Waals surface area (Å²) >= 11 is 0. The van der Waals surface area contributed by atoms with E-state index >= 15 is 0 Å². The van der Waals surface area contributed by atoms with E-state index in [1.54, 1.807) is 24.3 Å². The SMILES string of the molecule is CCOc1ccccc1N(CCCC(=O)Nc1ccccc1C)S(C)(=O)=O. The summed E-state index contributed by atoms with van der Waals surface area (Å²) in [5.74, 6) is 0.366.